The molecule has 0 aliphatic carbocycles. The Morgan fingerprint density at radius 2 is 1.94 bits per heavy atom. The summed E-state index contributed by atoms with van der Waals surface area (Å²) >= 11 is 7.52. The van der Waals surface area contributed by atoms with Crippen LogP contribution in [0, 0.1) is 5.82 Å². The Kier molecular flexibility index (Phi) is 7.80. The number of rotatable bonds is 8. The number of aromatic nitrogens is 3. The number of nitrogens with zero attached hydrogens (tertiary/aromatic N) is 3. The van der Waals surface area contributed by atoms with Gasteiger partial charge in [0.15, 0.2) is 0 Å². The fourth-order valence-corrected chi connectivity index (χ4v) is 4.81. The van der Waals surface area contributed by atoms with Crippen molar-refractivity contribution in [1.82, 2.24) is 20.3 Å². The van der Waals surface area contributed by atoms with E-state index in [2.05, 4.69) is 35.6 Å². The summed E-state index contributed by atoms with van der Waals surface area (Å²) in [7, 11) is 0. The Morgan fingerprint density at radius 1 is 1.03 bits per heavy atom. The molecule has 4 N–H and O–H groups in total. The third-order valence-corrected chi connectivity index (χ3v) is 7.06. The highest BCUT2D eigenvalue weighted by Gasteiger charge is 2.15. The summed E-state index contributed by atoms with van der Waals surface area (Å²) in [6.07, 6.45) is 5.57. The fourth-order valence-electron chi connectivity index (χ4n) is 3.90. The topological polar surface area (TPSA) is 86.8 Å². The van der Waals surface area contributed by atoms with Crippen LogP contribution in [0.1, 0.15) is 12.8 Å². The summed E-state index contributed by atoms with van der Waals surface area (Å²) < 4.78 is 18.1. The van der Waals surface area contributed by atoms with Gasteiger partial charge in [-0.05, 0) is 79.9 Å². The molecular formula is C26H25ClFN7S. The lowest BCUT2D eigenvalue weighted by atomic mass is 10.1. The molecule has 0 radical (unpaired) electrons. The molecule has 1 aliphatic rings. The number of pyridine rings is 1. The zero-order valence-corrected chi connectivity index (χ0v) is 20.9. The summed E-state index contributed by atoms with van der Waals surface area (Å²) in [4.78, 5) is 14.4. The van der Waals surface area contributed by atoms with E-state index in [9.17, 15) is 4.39 Å². The van der Waals surface area contributed by atoms with E-state index >= 15 is 0 Å². The fraction of sp³-hybridized carbons (Fsp3) is 0.192. The molecule has 5 rings (SSSR count). The van der Waals surface area contributed by atoms with E-state index in [1.54, 1.807) is 24.5 Å². The van der Waals surface area contributed by atoms with E-state index in [1.165, 1.54) is 18.0 Å². The molecule has 1 aliphatic heterocycles. The molecule has 0 spiro atoms. The zero-order chi connectivity index (χ0) is 24.7. The first-order valence-corrected chi connectivity index (χ1v) is 12.8. The average molecular weight is 522 g/mol. The molecule has 1 unspecified atom stereocenters. The summed E-state index contributed by atoms with van der Waals surface area (Å²) in [5.74, 6) is 0.659. The number of halogens is 2. The minimum absolute atomic E-state index is 0.290. The molecule has 36 heavy (non-hydrogen) atoms. The summed E-state index contributed by atoms with van der Waals surface area (Å²) in [5, 5.41) is 10.5. The third kappa shape index (κ3) is 6.04. The van der Waals surface area contributed by atoms with E-state index in [4.69, 9.17) is 11.6 Å². The molecular weight excluding hydrogens is 497 g/mol. The average Bonchev–Trinajstić information content (AvgIpc) is 2.91. The van der Waals surface area contributed by atoms with Gasteiger partial charge in [0, 0.05) is 41.1 Å². The van der Waals surface area contributed by atoms with Gasteiger partial charge in [-0.2, -0.15) is 0 Å². The summed E-state index contributed by atoms with van der Waals surface area (Å²) in [6, 6.07) is 18.2. The molecule has 184 valence electrons. The van der Waals surface area contributed by atoms with Crippen molar-refractivity contribution in [2.24, 2.45) is 0 Å². The van der Waals surface area contributed by atoms with Crippen LogP contribution in [0.5, 0.6) is 0 Å². The smallest absolute Gasteiger partial charge is 0.223 e. The van der Waals surface area contributed by atoms with Crippen molar-refractivity contribution in [3.8, 4) is 11.3 Å². The van der Waals surface area contributed by atoms with Crippen LogP contribution in [0.3, 0.4) is 0 Å². The van der Waals surface area contributed by atoms with Crippen molar-refractivity contribution in [2.45, 2.75) is 23.8 Å². The Balaban J connectivity index is 1.31. The second-order valence-electron chi connectivity index (χ2n) is 8.31. The highest BCUT2D eigenvalue weighted by Crippen LogP contribution is 2.32. The molecule has 0 bridgehead atoms. The highest BCUT2D eigenvalue weighted by molar-refractivity contribution is 8.00. The van der Waals surface area contributed by atoms with Gasteiger partial charge in [0.2, 0.25) is 5.95 Å². The van der Waals surface area contributed by atoms with Crippen molar-refractivity contribution < 1.29 is 4.39 Å². The Hall–Kier alpha value is -3.40. The van der Waals surface area contributed by atoms with Gasteiger partial charge in [-0.25, -0.2) is 19.3 Å². The molecule has 7 nitrogen and oxygen atoms in total. The Labute approximate surface area is 218 Å². The molecule has 2 aromatic heterocycles. The second kappa shape index (κ2) is 11.6. The van der Waals surface area contributed by atoms with E-state index in [-0.39, 0.29) is 6.04 Å². The molecule has 1 atom stereocenters. The number of piperidine rings is 1. The number of hydrogen-bond donors (Lipinski definition) is 4. The van der Waals surface area contributed by atoms with Gasteiger partial charge >= 0.3 is 0 Å². The van der Waals surface area contributed by atoms with Gasteiger partial charge in [-0.3, -0.25) is 0 Å². The van der Waals surface area contributed by atoms with Crippen LogP contribution < -0.4 is 20.7 Å². The van der Waals surface area contributed by atoms with Gasteiger partial charge < -0.3 is 20.7 Å². The van der Waals surface area contributed by atoms with E-state index in [0.717, 1.165) is 36.4 Å². The first-order valence-electron chi connectivity index (χ1n) is 11.7. The van der Waals surface area contributed by atoms with Crippen LogP contribution in [0.15, 0.2) is 78.0 Å². The molecule has 10 heteroatoms. The van der Waals surface area contributed by atoms with Crippen molar-refractivity contribution in [3.63, 3.8) is 0 Å². The van der Waals surface area contributed by atoms with E-state index < -0.39 is 5.82 Å². The lowest BCUT2D eigenvalue weighted by Gasteiger charge is -2.23. The van der Waals surface area contributed by atoms with Gasteiger partial charge in [0.1, 0.15) is 11.6 Å². The van der Waals surface area contributed by atoms with Gasteiger partial charge in [-0.15, -0.1) is 0 Å². The lowest BCUT2D eigenvalue weighted by Crippen LogP contribution is -2.38. The standard InChI is InChI=1S/C26H25ClFN7S/c27-20-7-1-2-8-24(20)36-35-17-9-10-23(21(28)15-17)33-25-19(6-4-13-30-25)22-11-14-31-26(34-22)32-18-5-3-12-29-16-18/h1-2,4,6-11,13-15,18,29,35H,3,5,12,16H2,(H,30,33)(H,31,32,34). The maximum Gasteiger partial charge on any atom is 0.223 e. The first-order chi connectivity index (χ1) is 17.7. The van der Waals surface area contributed by atoms with E-state index in [0.29, 0.717) is 33.9 Å². The monoisotopic (exact) mass is 521 g/mol. The second-order valence-corrected chi connectivity index (χ2v) is 9.56. The number of nitrogens with one attached hydrogen (secondary N) is 4. The minimum Gasteiger partial charge on any atom is -0.350 e. The summed E-state index contributed by atoms with van der Waals surface area (Å²) in [5.41, 5.74) is 2.37. The normalized spacial score (nSPS) is 15.3. The van der Waals surface area contributed by atoms with Crippen LogP contribution in [0.4, 0.5) is 27.5 Å². The van der Waals surface area contributed by atoms with Crippen LogP contribution in [0.25, 0.3) is 11.3 Å². The van der Waals surface area contributed by atoms with Crippen molar-refractivity contribution >= 4 is 46.7 Å². The number of benzene rings is 2. The maximum atomic E-state index is 15.0. The van der Waals surface area contributed by atoms with Crippen LogP contribution in [-0.2, 0) is 0 Å². The zero-order valence-electron chi connectivity index (χ0n) is 19.3. The molecule has 0 saturated carbocycles. The van der Waals surface area contributed by atoms with Crippen molar-refractivity contribution in [2.75, 3.05) is 28.4 Å². The molecule has 4 aromatic rings. The van der Waals surface area contributed by atoms with Gasteiger partial charge in [0.05, 0.1) is 16.4 Å². The molecule has 3 heterocycles. The van der Waals surface area contributed by atoms with Crippen molar-refractivity contribution in [1.29, 1.82) is 0 Å². The van der Waals surface area contributed by atoms with Crippen molar-refractivity contribution in [3.05, 3.63) is 83.9 Å². The maximum absolute atomic E-state index is 15.0. The number of hydrogen-bond acceptors (Lipinski definition) is 8. The Morgan fingerprint density at radius 3 is 2.78 bits per heavy atom. The largest absolute Gasteiger partial charge is 0.350 e. The first kappa shape index (κ1) is 24.3. The van der Waals surface area contributed by atoms with Crippen LogP contribution in [0.2, 0.25) is 5.02 Å². The number of anilines is 4. The predicted molar refractivity (Wildman–Crippen MR) is 145 cm³/mol. The molecule has 2 aromatic carbocycles. The lowest BCUT2D eigenvalue weighted by molar-refractivity contribution is 0.478. The van der Waals surface area contributed by atoms with Crippen LogP contribution in [-0.4, -0.2) is 34.1 Å². The molecule has 1 saturated heterocycles. The van der Waals surface area contributed by atoms with Gasteiger partial charge in [0.25, 0.3) is 0 Å². The third-order valence-electron chi connectivity index (χ3n) is 5.71. The predicted octanol–water partition coefficient (Wildman–Crippen LogP) is 6.36. The van der Waals surface area contributed by atoms with Crippen LogP contribution >= 0.6 is 23.5 Å². The minimum atomic E-state index is -0.411. The SMILES string of the molecule is Fc1cc(NSc2ccccc2Cl)ccc1Nc1ncccc1-c1ccnc(NC2CCCNC2)n1. The highest BCUT2D eigenvalue weighted by atomic mass is 35.5. The quantitative estimate of drug-likeness (QED) is 0.199. The summed E-state index contributed by atoms with van der Waals surface area (Å²) in [6.45, 7) is 1.92. The Bertz CT molecular complexity index is 1330. The molecule has 1 fully saturated rings. The van der Waals surface area contributed by atoms with Gasteiger partial charge in [-0.1, -0.05) is 23.7 Å². The molecule has 0 amide bonds. The van der Waals surface area contributed by atoms with E-state index in [1.807, 2.05) is 42.5 Å².